The lowest BCUT2D eigenvalue weighted by Crippen LogP contribution is -2.29. The van der Waals surface area contributed by atoms with E-state index in [9.17, 15) is 0 Å². The molecule has 0 radical (unpaired) electrons. The summed E-state index contributed by atoms with van der Waals surface area (Å²) >= 11 is 0. The second kappa shape index (κ2) is 5.28. The summed E-state index contributed by atoms with van der Waals surface area (Å²) in [6.07, 6.45) is 6.63. The van der Waals surface area contributed by atoms with Crippen molar-refractivity contribution < 1.29 is 0 Å². The molecule has 1 spiro atoms. The Kier molecular flexibility index (Phi) is 3.28. The van der Waals surface area contributed by atoms with Crippen molar-refractivity contribution in [1.82, 2.24) is 19.8 Å². The average Bonchev–Trinajstić information content (AvgIpc) is 3.24. The number of imidazole rings is 1. The zero-order valence-corrected chi connectivity index (χ0v) is 12.3. The number of aromatic nitrogens is 2. The van der Waals surface area contributed by atoms with Gasteiger partial charge in [-0.3, -0.25) is 4.90 Å². The van der Waals surface area contributed by atoms with Gasteiger partial charge in [-0.2, -0.15) is 0 Å². The summed E-state index contributed by atoms with van der Waals surface area (Å²) in [6, 6.07) is 10.5. The minimum atomic E-state index is 0.532. The van der Waals surface area contributed by atoms with E-state index in [-0.39, 0.29) is 0 Å². The molecule has 1 N–H and O–H groups in total. The van der Waals surface area contributed by atoms with Crippen molar-refractivity contribution in [3.05, 3.63) is 48.5 Å². The number of hydrogen-bond donors (Lipinski definition) is 1. The molecular formula is C17H22N4. The highest BCUT2D eigenvalue weighted by Gasteiger charge is 2.40. The van der Waals surface area contributed by atoms with Gasteiger partial charge in [0.25, 0.3) is 0 Å². The summed E-state index contributed by atoms with van der Waals surface area (Å²) in [5, 5.41) is 3.52. The van der Waals surface area contributed by atoms with Crippen molar-refractivity contribution in [2.45, 2.75) is 19.4 Å². The van der Waals surface area contributed by atoms with Crippen molar-refractivity contribution in [1.29, 1.82) is 0 Å². The SMILES string of the molecule is c1ccc(-n2ccnc2CN2CCC3(CCNC3)C2)cc1. The highest BCUT2D eigenvalue weighted by atomic mass is 15.2. The zero-order valence-electron chi connectivity index (χ0n) is 12.3. The largest absolute Gasteiger partial charge is 0.316 e. The Balaban J connectivity index is 1.50. The first-order valence-corrected chi connectivity index (χ1v) is 7.85. The van der Waals surface area contributed by atoms with E-state index >= 15 is 0 Å². The molecule has 1 unspecified atom stereocenters. The quantitative estimate of drug-likeness (QED) is 0.935. The first kappa shape index (κ1) is 13.0. The summed E-state index contributed by atoms with van der Waals surface area (Å²) in [5.41, 5.74) is 1.73. The fourth-order valence-corrected chi connectivity index (χ4v) is 3.78. The Morgan fingerprint density at radius 2 is 2.10 bits per heavy atom. The second-order valence-electron chi connectivity index (χ2n) is 6.44. The highest BCUT2D eigenvalue weighted by Crippen LogP contribution is 2.36. The monoisotopic (exact) mass is 282 g/mol. The molecule has 4 rings (SSSR count). The molecule has 4 heteroatoms. The van der Waals surface area contributed by atoms with Crippen LogP contribution in [0.1, 0.15) is 18.7 Å². The standard InChI is InChI=1S/C17H22N4/c1-2-4-15(5-3-1)21-11-9-19-16(21)12-20-10-7-17(14-20)6-8-18-13-17/h1-5,9,11,18H,6-8,10,12-14H2. The molecule has 2 aromatic rings. The topological polar surface area (TPSA) is 33.1 Å². The molecule has 1 aromatic carbocycles. The smallest absolute Gasteiger partial charge is 0.127 e. The molecule has 21 heavy (non-hydrogen) atoms. The third kappa shape index (κ3) is 2.49. The van der Waals surface area contributed by atoms with Gasteiger partial charge >= 0.3 is 0 Å². The fourth-order valence-electron chi connectivity index (χ4n) is 3.78. The van der Waals surface area contributed by atoms with Crippen LogP contribution < -0.4 is 5.32 Å². The maximum Gasteiger partial charge on any atom is 0.127 e. The van der Waals surface area contributed by atoms with Crippen LogP contribution in [0.3, 0.4) is 0 Å². The minimum absolute atomic E-state index is 0.532. The fraction of sp³-hybridized carbons (Fsp3) is 0.471. The Labute approximate surface area is 125 Å². The van der Waals surface area contributed by atoms with Gasteiger partial charge in [0.15, 0.2) is 0 Å². The van der Waals surface area contributed by atoms with Crippen LogP contribution in [0, 0.1) is 5.41 Å². The number of benzene rings is 1. The van der Waals surface area contributed by atoms with Gasteiger partial charge in [0.1, 0.15) is 5.82 Å². The molecule has 1 aromatic heterocycles. The Morgan fingerprint density at radius 3 is 2.90 bits per heavy atom. The predicted octanol–water partition coefficient (Wildman–Crippen LogP) is 2.06. The summed E-state index contributed by atoms with van der Waals surface area (Å²) in [6.45, 7) is 5.73. The van der Waals surface area contributed by atoms with Crippen LogP contribution in [0.25, 0.3) is 5.69 Å². The molecule has 0 amide bonds. The van der Waals surface area contributed by atoms with E-state index < -0.39 is 0 Å². The van der Waals surface area contributed by atoms with E-state index in [4.69, 9.17) is 0 Å². The Bertz CT molecular complexity index is 598. The summed E-state index contributed by atoms with van der Waals surface area (Å²) in [5.74, 6) is 1.14. The molecule has 2 fully saturated rings. The van der Waals surface area contributed by atoms with Gasteiger partial charge < -0.3 is 9.88 Å². The first-order chi connectivity index (χ1) is 10.3. The maximum absolute atomic E-state index is 4.58. The Morgan fingerprint density at radius 1 is 1.19 bits per heavy atom. The Hall–Kier alpha value is -1.65. The van der Waals surface area contributed by atoms with Crippen molar-refractivity contribution in [3.63, 3.8) is 0 Å². The van der Waals surface area contributed by atoms with Gasteiger partial charge in [0.2, 0.25) is 0 Å². The highest BCUT2D eigenvalue weighted by molar-refractivity contribution is 5.32. The molecule has 2 aliphatic rings. The number of likely N-dealkylation sites (tertiary alicyclic amines) is 1. The van der Waals surface area contributed by atoms with E-state index in [1.54, 1.807) is 0 Å². The summed E-state index contributed by atoms with van der Waals surface area (Å²) in [7, 11) is 0. The van der Waals surface area contributed by atoms with Gasteiger partial charge in [0.05, 0.1) is 6.54 Å². The predicted molar refractivity (Wildman–Crippen MR) is 83.4 cm³/mol. The molecule has 0 saturated carbocycles. The van der Waals surface area contributed by atoms with Crippen LogP contribution in [0.2, 0.25) is 0 Å². The molecule has 3 heterocycles. The van der Waals surface area contributed by atoms with E-state index in [0.29, 0.717) is 5.41 Å². The average molecular weight is 282 g/mol. The first-order valence-electron chi connectivity index (χ1n) is 7.85. The van der Waals surface area contributed by atoms with Crippen molar-refractivity contribution in [3.8, 4) is 5.69 Å². The number of rotatable bonds is 3. The third-order valence-electron chi connectivity index (χ3n) is 4.97. The van der Waals surface area contributed by atoms with Crippen LogP contribution in [0.15, 0.2) is 42.7 Å². The molecule has 110 valence electrons. The molecule has 0 aliphatic carbocycles. The molecule has 1 atom stereocenters. The van der Waals surface area contributed by atoms with Crippen LogP contribution in [-0.4, -0.2) is 40.6 Å². The maximum atomic E-state index is 4.58. The van der Waals surface area contributed by atoms with Crippen LogP contribution in [0.5, 0.6) is 0 Å². The van der Waals surface area contributed by atoms with Crippen molar-refractivity contribution >= 4 is 0 Å². The van der Waals surface area contributed by atoms with Crippen LogP contribution in [-0.2, 0) is 6.54 Å². The normalized spacial score (nSPS) is 25.9. The van der Waals surface area contributed by atoms with Gasteiger partial charge in [-0.25, -0.2) is 4.98 Å². The van der Waals surface area contributed by atoms with Crippen molar-refractivity contribution in [2.24, 2.45) is 5.41 Å². The molecule has 4 nitrogen and oxygen atoms in total. The van der Waals surface area contributed by atoms with Crippen LogP contribution in [0.4, 0.5) is 0 Å². The lowest BCUT2D eigenvalue weighted by atomic mass is 9.87. The number of para-hydroxylation sites is 1. The summed E-state index contributed by atoms with van der Waals surface area (Å²) < 4.78 is 2.21. The zero-order chi connectivity index (χ0) is 14.1. The molecular weight excluding hydrogens is 260 g/mol. The van der Waals surface area contributed by atoms with Gasteiger partial charge in [-0.1, -0.05) is 18.2 Å². The van der Waals surface area contributed by atoms with E-state index in [0.717, 1.165) is 12.4 Å². The number of nitrogens with zero attached hydrogens (tertiary/aromatic N) is 3. The van der Waals surface area contributed by atoms with Gasteiger partial charge in [0, 0.05) is 31.2 Å². The third-order valence-corrected chi connectivity index (χ3v) is 4.97. The van der Waals surface area contributed by atoms with E-state index in [1.165, 1.54) is 44.7 Å². The van der Waals surface area contributed by atoms with Crippen molar-refractivity contribution in [2.75, 3.05) is 26.2 Å². The number of hydrogen-bond acceptors (Lipinski definition) is 3. The van der Waals surface area contributed by atoms with E-state index in [2.05, 4.69) is 56.3 Å². The van der Waals surface area contributed by atoms with E-state index in [1.807, 2.05) is 6.20 Å². The molecule has 0 bridgehead atoms. The lowest BCUT2D eigenvalue weighted by Gasteiger charge is -2.22. The van der Waals surface area contributed by atoms with Gasteiger partial charge in [-0.05, 0) is 43.5 Å². The summed E-state index contributed by atoms with van der Waals surface area (Å²) in [4.78, 5) is 7.14. The minimum Gasteiger partial charge on any atom is -0.316 e. The lowest BCUT2D eigenvalue weighted by molar-refractivity contribution is 0.263. The second-order valence-corrected chi connectivity index (χ2v) is 6.44. The van der Waals surface area contributed by atoms with Crippen LogP contribution >= 0.6 is 0 Å². The van der Waals surface area contributed by atoms with Gasteiger partial charge in [-0.15, -0.1) is 0 Å². The number of nitrogens with one attached hydrogen (secondary N) is 1. The molecule has 2 saturated heterocycles. The molecule has 2 aliphatic heterocycles.